The molecule has 2 rings (SSSR count). The summed E-state index contributed by atoms with van der Waals surface area (Å²) in [5.41, 5.74) is 3.62. The number of anilines is 2. The Balaban J connectivity index is 1.93. The van der Waals surface area contributed by atoms with Gasteiger partial charge in [-0.15, -0.1) is 0 Å². The van der Waals surface area contributed by atoms with Crippen LogP contribution in [0.25, 0.3) is 0 Å². The molecular formula is C12H13BrClN5. The zero-order valence-electron chi connectivity index (χ0n) is 10.0. The number of nitrogen functional groups attached to an aromatic ring is 1. The molecule has 2 aromatic rings. The lowest BCUT2D eigenvalue weighted by Gasteiger charge is -2.08. The molecule has 0 aliphatic carbocycles. The van der Waals surface area contributed by atoms with Crippen molar-refractivity contribution in [3.63, 3.8) is 0 Å². The van der Waals surface area contributed by atoms with Crippen molar-refractivity contribution >= 4 is 39.3 Å². The SMILES string of the molecule is NNc1ncc(Br)c(NCCc2ccc(Cl)cc2)n1. The Morgan fingerprint density at radius 1 is 1.26 bits per heavy atom. The maximum atomic E-state index is 5.84. The highest BCUT2D eigenvalue weighted by Gasteiger charge is 2.03. The van der Waals surface area contributed by atoms with E-state index in [2.05, 4.69) is 36.6 Å². The minimum absolute atomic E-state index is 0.372. The van der Waals surface area contributed by atoms with Crippen molar-refractivity contribution in [2.45, 2.75) is 6.42 Å². The molecule has 19 heavy (non-hydrogen) atoms. The summed E-state index contributed by atoms with van der Waals surface area (Å²) in [5.74, 6) is 6.35. The van der Waals surface area contributed by atoms with E-state index in [4.69, 9.17) is 17.4 Å². The first kappa shape index (κ1) is 14.0. The summed E-state index contributed by atoms with van der Waals surface area (Å²) >= 11 is 9.22. The number of hydrazine groups is 1. The van der Waals surface area contributed by atoms with Gasteiger partial charge in [-0.25, -0.2) is 10.8 Å². The molecule has 0 spiro atoms. The second-order valence-corrected chi connectivity index (χ2v) is 5.13. The highest BCUT2D eigenvalue weighted by molar-refractivity contribution is 9.10. The molecule has 5 nitrogen and oxygen atoms in total. The second-order valence-electron chi connectivity index (χ2n) is 3.84. The first-order valence-corrected chi connectivity index (χ1v) is 6.83. The fourth-order valence-corrected chi connectivity index (χ4v) is 1.99. The molecule has 0 aliphatic rings. The number of benzene rings is 1. The number of nitrogens with two attached hydrogens (primary N) is 1. The monoisotopic (exact) mass is 341 g/mol. The number of nitrogens with one attached hydrogen (secondary N) is 2. The van der Waals surface area contributed by atoms with Gasteiger partial charge in [-0.05, 0) is 40.0 Å². The molecule has 0 atom stereocenters. The van der Waals surface area contributed by atoms with Gasteiger partial charge >= 0.3 is 0 Å². The van der Waals surface area contributed by atoms with Crippen LogP contribution in [0, 0.1) is 0 Å². The highest BCUT2D eigenvalue weighted by atomic mass is 79.9. The van der Waals surface area contributed by atoms with E-state index in [-0.39, 0.29) is 0 Å². The van der Waals surface area contributed by atoms with Gasteiger partial charge in [0.1, 0.15) is 5.82 Å². The normalized spacial score (nSPS) is 10.3. The first-order valence-electron chi connectivity index (χ1n) is 5.66. The Morgan fingerprint density at radius 3 is 2.68 bits per heavy atom. The Labute approximate surface area is 124 Å². The summed E-state index contributed by atoms with van der Waals surface area (Å²) in [6.45, 7) is 0.751. The van der Waals surface area contributed by atoms with E-state index in [1.54, 1.807) is 6.20 Å². The van der Waals surface area contributed by atoms with Crippen molar-refractivity contribution in [1.29, 1.82) is 0 Å². The molecule has 0 saturated heterocycles. The summed E-state index contributed by atoms with van der Waals surface area (Å²) < 4.78 is 0.794. The lowest BCUT2D eigenvalue weighted by molar-refractivity contribution is 0.993. The molecule has 1 aromatic heterocycles. The van der Waals surface area contributed by atoms with Gasteiger partial charge in [0, 0.05) is 17.8 Å². The largest absolute Gasteiger partial charge is 0.369 e. The average Bonchev–Trinajstić information content (AvgIpc) is 2.43. The van der Waals surface area contributed by atoms with Crippen LogP contribution in [0.15, 0.2) is 34.9 Å². The van der Waals surface area contributed by atoms with Crippen LogP contribution in [0.4, 0.5) is 11.8 Å². The smallest absolute Gasteiger partial charge is 0.239 e. The summed E-state index contributed by atoms with van der Waals surface area (Å²) in [5, 5.41) is 3.97. The molecule has 0 bridgehead atoms. The lowest BCUT2D eigenvalue weighted by atomic mass is 10.1. The molecule has 4 N–H and O–H groups in total. The van der Waals surface area contributed by atoms with Gasteiger partial charge in [-0.3, -0.25) is 5.43 Å². The molecule has 100 valence electrons. The molecule has 0 unspecified atom stereocenters. The Bertz CT molecular complexity index is 546. The van der Waals surface area contributed by atoms with E-state index in [1.165, 1.54) is 5.56 Å². The second kappa shape index (κ2) is 6.70. The third-order valence-electron chi connectivity index (χ3n) is 2.49. The first-order chi connectivity index (χ1) is 9.19. The Kier molecular flexibility index (Phi) is 4.95. The summed E-state index contributed by atoms with van der Waals surface area (Å²) in [6.07, 6.45) is 2.52. The van der Waals surface area contributed by atoms with Crippen molar-refractivity contribution in [1.82, 2.24) is 9.97 Å². The van der Waals surface area contributed by atoms with Gasteiger partial charge in [0.05, 0.1) is 4.47 Å². The number of aromatic nitrogens is 2. The Morgan fingerprint density at radius 2 is 2.00 bits per heavy atom. The van der Waals surface area contributed by atoms with E-state index in [0.29, 0.717) is 11.8 Å². The number of hydrogen-bond acceptors (Lipinski definition) is 5. The maximum absolute atomic E-state index is 5.84. The van der Waals surface area contributed by atoms with Crippen molar-refractivity contribution < 1.29 is 0 Å². The Hall–Kier alpha value is -1.37. The van der Waals surface area contributed by atoms with Crippen molar-refractivity contribution in [3.8, 4) is 0 Å². The molecule has 0 amide bonds. The van der Waals surface area contributed by atoms with Gasteiger partial charge in [0.2, 0.25) is 5.95 Å². The number of nitrogens with zero attached hydrogens (tertiary/aromatic N) is 2. The highest BCUT2D eigenvalue weighted by Crippen LogP contribution is 2.19. The fraction of sp³-hybridized carbons (Fsp3) is 0.167. The van der Waals surface area contributed by atoms with Crippen molar-refractivity contribution in [2.75, 3.05) is 17.3 Å². The average molecular weight is 343 g/mol. The summed E-state index contributed by atoms with van der Waals surface area (Å²) in [6, 6.07) is 7.78. The molecular weight excluding hydrogens is 330 g/mol. The topological polar surface area (TPSA) is 75.9 Å². The van der Waals surface area contributed by atoms with Crippen LogP contribution in [0.3, 0.4) is 0 Å². The predicted octanol–water partition coefficient (Wildman–Crippen LogP) is 2.83. The quantitative estimate of drug-likeness (QED) is 0.575. The van der Waals surface area contributed by atoms with Gasteiger partial charge in [-0.2, -0.15) is 4.98 Å². The molecule has 0 aliphatic heterocycles. The zero-order valence-corrected chi connectivity index (χ0v) is 12.4. The zero-order chi connectivity index (χ0) is 13.7. The minimum Gasteiger partial charge on any atom is -0.369 e. The van der Waals surface area contributed by atoms with Gasteiger partial charge in [0.25, 0.3) is 0 Å². The van der Waals surface area contributed by atoms with Crippen LogP contribution in [-0.4, -0.2) is 16.5 Å². The molecule has 0 fully saturated rings. The van der Waals surface area contributed by atoms with Crippen LogP contribution >= 0.6 is 27.5 Å². The summed E-state index contributed by atoms with van der Waals surface area (Å²) in [4.78, 5) is 8.19. The van der Waals surface area contributed by atoms with Crippen LogP contribution in [0.5, 0.6) is 0 Å². The van der Waals surface area contributed by atoms with Gasteiger partial charge in [0.15, 0.2) is 0 Å². The van der Waals surface area contributed by atoms with Crippen molar-refractivity contribution in [3.05, 3.63) is 45.5 Å². The van der Waals surface area contributed by atoms with Crippen LogP contribution in [-0.2, 0) is 6.42 Å². The fourth-order valence-electron chi connectivity index (χ4n) is 1.54. The number of hydrogen-bond donors (Lipinski definition) is 3. The molecule has 7 heteroatoms. The number of rotatable bonds is 5. The lowest BCUT2D eigenvalue weighted by Crippen LogP contribution is -2.13. The third kappa shape index (κ3) is 4.05. The van der Waals surface area contributed by atoms with E-state index in [9.17, 15) is 0 Å². The standard InChI is InChI=1S/C12H13BrClN5/c13-10-7-17-12(19-15)18-11(10)16-6-5-8-1-3-9(14)4-2-8/h1-4,7H,5-6,15H2,(H2,16,17,18,19). The van der Waals surface area contributed by atoms with E-state index < -0.39 is 0 Å². The maximum Gasteiger partial charge on any atom is 0.239 e. The van der Waals surface area contributed by atoms with Crippen LogP contribution < -0.4 is 16.6 Å². The number of halogens is 2. The van der Waals surface area contributed by atoms with Crippen LogP contribution in [0.2, 0.25) is 5.02 Å². The molecule has 0 saturated carbocycles. The van der Waals surface area contributed by atoms with Gasteiger partial charge in [-0.1, -0.05) is 23.7 Å². The van der Waals surface area contributed by atoms with E-state index >= 15 is 0 Å². The molecule has 1 heterocycles. The predicted molar refractivity (Wildman–Crippen MR) is 81.2 cm³/mol. The minimum atomic E-state index is 0.372. The van der Waals surface area contributed by atoms with E-state index in [1.807, 2.05) is 24.3 Å². The van der Waals surface area contributed by atoms with Gasteiger partial charge < -0.3 is 5.32 Å². The molecule has 1 aromatic carbocycles. The molecule has 0 radical (unpaired) electrons. The van der Waals surface area contributed by atoms with Crippen molar-refractivity contribution in [2.24, 2.45) is 5.84 Å². The summed E-state index contributed by atoms with van der Waals surface area (Å²) in [7, 11) is 0. The van der Waals surface area contributed by atoms with Crippen LogP contribution in [0.1, 0.15) is 5.56 Å². The van der Waals surface area contributed by atoms with E-state index in [0.717, 1.165) is 22.5 Å². The third-order valence-corrected chi connectivity index (χ3v) is 3.32.